The molecule has 1 heterocycles. The first-order valence-corrected chi connectivity index (χ1v) is 5.90. The summed E-state index contributed by atoms with van der Waals surface area (Å²) >= 11 is 6.08. The van der Waals surface area contributed by atoms with E-state index in [1.54, 1.807) is 6.33 Å². The molecule has 0 amide bonds. The van der Waals surface area contributed by atoms with Crippen molar-refractivity contribution in [1.29, 1.82) is 0 Å². The van der Waals surface area contributed by atoms with Crippen LogP contribution in [0.2, 0.25) is 5.15 Å². The molecule has 0 saturated heterocycles. The highest BCUT2D eigenvalue weighted by Crippen LogP contribution is 2.48. The van der Waals surface area contributed by atoms with Crippen molar-refractivity contribution < 1.29 is 9.90 Å². The van der Waals surface area contributed by atoms with E-state index in [2.05, 4.69) is 4.98 Å². The summed E-state index contributed by atoms with van der Waals surface area (Å²) in [6, 6.07) is 0. The lowest BCUT2D eigenvalue weighted by Gasteiger charge is -2.41. The summed E-state index contributed by atoms with van der Waals surface area (Å²) in [5.74, 6) is -0.764. The van der Waals surface area contributed by atoms with Gasteiger partial charge in [-0.25, -0.2) is 4.98 Å². The molecule has 0 aromatic carbocycles. The fourth-order valence-corrected chi connectivity index (χ4v) is 2.86. The predicted molar refractivity (Wildman–Crippen MR) is 60.7 cm³/mol. The molecule has 0 atom stereocenters. The lowest BCUT2D eigenvalue weighted by molar-refractivity contribution is -0.139. The molecule has 1 aromatic rings. The Balaban J connectivity index is 2.39. The van der Waals surface area contributed by atoms with Gasteiger partial charge in [-0.1, -0.05) is 18.0 Å². The summed E-state index contributed by atoms with van der Waals surface area (Å²) in [4.78, 5) is 15.0. The summed E-state index contributed by atoms with van der Waals surface area (Å²) in [5, 5.41) is 9.46. The zero-order valence-electron chi connectivity index (χ0n) is 9.24. The smallest absolute Gasteiger partial charge is 0.304 e. The van der Waals surface area contributed by atoms with Crippen molar-refractivity contribution in [3.05, 3.63) is 17.2 Å². The lowest BCUT2D eigenvalue weighted by Crippen LogP contribution is -2.38. The Kier molecular flexibility index (Phi) is 2.93. The number of carboxylic acids is 1. The monoisotopic (exact) mass is 242 g/mol. The van der Waals surface area contributed by atoms with Crippen LogP contribution in [-0.4, -0.2) is 20.6 Å². The molecule has 0 spiro atoms. The summed E-state index contributed by atoms with van der Waals surface area (Å²) < 4.78 is 1.96. The fourth-order valence-electron chi connectivity index (χ4n) is 2.51. The van der Waals surface area contributed by atoms with Gasteiger partial charge in [-0.05, 0) is 19.8 Å². The van der Waals surface area contributed by atoms with E-state index in [0.29, 0.717) is 5.15 Å². The summed E-state index contributed by atoms with van der Waals surface area (Å²) in [6.07, 6.45) is 4.70. The van der Waals surface area contributed by atoms with Crippen LogP contribution in [0.3, 0.4) is 0 Å². The topological polar surface area (TPSA) is 55.1 Å². The average molecular weight is 243 g/mol. The Labute approximate surface area is 99.2 Å². The molecule has 0 aliphatic heterocycles. The Morgan fingerprint density at radius 1 is 1.69 bits per heavy atom. The van der Waals surface area contributed by atoms with Gasteiger partial charge in [-0.3, -0.25) is 4.79 Å². The van der Waals surface area contributed by atoms with E-state index < -0.39 is 5.97 Å². The average Bonchev–Trinajstić information content (AvgIpc) is 2.53. The largest absolute Gasteiger partial charge is 0.481 e. The van der Waals surface area contributed by atoms with Crippen LogP contribution in [0.15, 0.2) is 6.33 Å². The molecule has 0 radical (unpaired) electrons. The minimum Gasteiger partial charge on any atom is -0.481 e. The molecule has 1 fully saturated rings. The van der Waals surface area contributed by atoms with Gasteiger partial charge in [0, 0.05) is 12.0 Å². The zero-order valence-corrected chi connectivity index (χ0v) is 10.00. The number of aromatic nitrogens is 2. The van der Waals surface area contributed by atoms with E-state index in [4.69, 9.17) is 16.7 Å². The third kappa shape index (κ3) is 1.71. The van der Waals surface area contributed by atoms with Gasteiger partial charge in [0.05, 0.1) is 18.4 Å². The number of hydrogen-bond donors (Lipinski definition) is 1. The zero-order chi connectivity index (χ0) is 11.8. The van der Waals surface area contributed by atoms with E-state index in [1.165, 1.54) is 0 Å². The van der Waals surface area contributed by atoms with Gasteiger partial charge in [0.2, 0.25) is 0 Å². The number of nitrogens with zero attached hydrogens (tertiary/aromatic N) is 2. The van der Waals surface area contributed by atoms with Gasteiger partial charge in [-0.2, -0.15) is 0 Å². The van der Waals surface area contributed by atoms with Crippen LogP contribution in [0.4, 0.5) is 0 Å². The molecule has 1 aromatic heterocycles. The molecule has 2 rings (SSSR count). The highest BCUT2D eigenvalue weighted by atomic mass is 35.5. The molecule has 0 bridgehead atoms. The van der Waals surface area contributed by atoms with Gasteiger partial charge >= 0.3 is 5.97 Å². The molecule has 5 heteroatoms. The molecule has 1 aliphatic rings. The maximum atomic E-state index is 10.9. The predicted octanol–water partition coefficient (Wildman–Crippen LogP) is 2.45. The van der Waals surface area contributed by atoms with Gasteiger partial charge in [-0.15, -0.1) is 0 Å². The van der Waals surface area contributed by atoms with Crippen molar-refractivity contribution in [3.63, 3.8) is 0 Å². The second kappa shape index (κ2) is 4.09. The standard InChI is InChI=1S/C11H15ClN2O2/c1-2-14-7-13-10(12)9(14)11(4-3-5-11)6-8(15)16/h7H,2-6H2,1H3,(H,15,16). The Morgan fingerprint density at radius 3 is 2.81 bits per heavy atom. The number of carbonyl (C=O) groups is 1. The fraction of sp³-hybridized carbons (Fsp3) is 0.636. The first-order valence-electron chi connectivity index (χ1n) is 5.52. The van der Waals surface area contributed by atoms with E-state index in [0.717, 1.165) is 31.5 Å². The minimum atomic E-state index is -0.764. The van der Waals surface area contributed by atoms with E-state index in [-0.39, 0.29) is 11.8 Å². The molecule has 1 N–H and O–H groups in total. The first-order chi connectivity index (χ1) is 7.59. The maximum Gasteiger partial charge on any atom is 0.304 e. The normalized spacial score (nSPS) is 18.1. The quantitative estimate of drug-likeness (QED) is 0.882. The Bertz CT molecular complexity index is 410. The van der Waals surface area contributed by atoms with Crippen LogP contribution in [0, 0.1) is 0 Å². The Hall–Kier alpha value is -1.03. The van der Waals surface area contributed by atoms with Gasteiger partial charge in [0.15, 0.2) is 5.15 Å². The molecule has 16 heavy (non-hydrogen) atoms. The van der Waals surface area contributed by atoms with Crippen LogP contribution in [0.25, 0.3) is 0 Å². The number of imidazole rings is 1. The summed E-state index contributed by atoms with van der Waals surface area (Å²) in [6.45, 7) is 2.78. The Morgan fingerprint density at radius 2 is 2.38 bits per heavy atom. The molecule has 0 unspecified atom stereocenters. The second-order valence-corrected chi connectivity index (χ2v) is 4.73. The highest BCUT2D eigenvalue weighted by molar-refractivity contribution is 6.30. The first kappa shape index (κ1) is 11.5. The number of aliphatic carboxylic acids is 1. The number of halogens is 1. The van der Waals surface area contributed by atoms with Crippen molar-refractivity contribution in [2.75, 3.05) is 0 Å². The summed E-state index contributed by atoms with van der Waals surface area (Å²) in [7, 11) is 0. The van der Waals surface area contributed by atoms with Crippen molar-refractivity contribution in [2.24, 2.45) is 0 Å². The molecule has 88 valence electrons. The van der Waals surface area contributed by atoms with Crippen molar-refractivity contribution in [1.82, 2.24) is 9.55 Å². The minimum absolute atomic E-state index is 0.151. The summed E-state index contributed by atoms with van der Waals surface area (Å²) in [5.41, 5.74) is 0.625. The lowest BCUT2D eigenvalue weighted by atomic mass is 9.64. The molecular weight excluding hydrogens is 228 g/mol. The molecule has 1 saturated carbocycles. The van der Waals surface area contributed by atoms with E-state index >= 15 is 0 Å². The molecule has 4 nitrogen and oxygen atoms in total. The second-order valence-electron chi connectivity index (χ2n) is 4.37. The van der Waals surface area contributed by atoms with Crippen LogP contribution < -0.4 is 0 Å². The molecular formula is C11H15ClN2O2. The van der Waals surface area contributed by atoms with Crippen molar-refractivity contribution in [3.8, 4) is 0 Å². The highest BCUT2D eigenvalue weighted by Gasteiger charge is 2.44. The van der Waals surface area contributed by atoms with Crippen molar-refractivity contribution >= 4 is 17.6 Å². The number of aryl methyl sites for hydroxylation is 1. The van der Waals surface area contributed by atoms with Crippen LogP contribution >= 0.6 is 11.6 Å². The third-order valence-corrected chi connectivity index (χ3v) is 3.71. The maximum absolute atomic E-state index is 10.9. The van der Waals surface area contributed by atoms with E-state index in [9.17, 15) is 4.79 Å². The van der Waals surface area contributed by atoms with Crippen LogP contribution in [0.1, 0.15) is 38.3 Å². The number of rotatable bonds is 4. The number of hydrogen-bond acceptors (Lipinski definition) is 2. The van der Waals surface area contributed by atoms with Gasteiger partial charge < -0.3 is 9.67 Å². The van der Waals surface area contributed by atoms with Gasteiger partial charge in [0.1, 0.15) is 0 Å². The van der Waals surface area contributed by atoms with Gasteiger partial charge in [0.25, 0.3) is 0 Å². The van der Waals surface area contributed by atoms with Crippen molar-refractivity contribution in [2.45, 2.75) is 44.6 Å². The van der Waals surface area contributed by atoms with Crippen LogP contribution in [-0.2, 0) is 16.8 Å². The van der Waals surface area contributed by atoms with Crippen LogP contribution in [0.5, 0.6) is 0 Å². The molecule has 1 aliphatic carbocycles. The third-order valence-electron chi connectivity index (χ3n) is 3.44. The SMILES string of the molecule is CCn1cnc(Cl)c1C1(CC(=O)O)CCC1. The number of carboxylic acid groups (broad SMARTS) is 1. The van der Waals surface area contributed by atoms with E-state index in [1.807, 2.05) is 11.5 Å².